The van der Waals surface area contributed by atoms with Crippen molar-refractivity contribution in [2.75, 3.05) is 27.3 Å². The summed E-state index contributed by atoms with van der Waals surface area (Å²) >= 11 is 0. The number of pyridine rings is 1. The Labute approximate surface area is 201 Å². The van der Waals surface area contributed by atoms with Crippen LogP contribution >= 0.6 is 0 Å². The Morgan fingerprint density at radius 2 is 1.76 bits per heavy atom. The number of hydrogen-bond acceptors (Lipinski definition) is 5. The monoisotopic (exact) mass is 459 g/mol. The molecular weight excluding hydrogens is 426 g/mol. The van der Waals surface area contributed by atoms with Crippen LogP contribution in [0.25, 0.3) is 0 Å². The minimum atomic E-state index is -0.246. The lowest BCUT2D eigenvalue weighted by Crippen LogP contribution is -2.41. The zero-order valence-corrected chi connectivity index (χ0v) is 20.2. The van der Waals surface area contributed by atoms with Gasteiger partial charge in [-0.2, -0.15) is 0 Å². The summed E-state index contributed by atoms with van der Waals surface area (Å²) in [4.78, 5) is 20.1. The first-order valence-corrected chi connectivity index (χ1v) is 11.8. The van der Waals surface area contributed by atoms with Crippen LogP contribution < -0.4 is 14.8 Å². The number of piperidine rings is 1. The lowest BCUT2D eigenvalue weighted by molar-refractivity contribution is -0.127. The van der Waals surface area contributed by atoms with Crippen LogP contribution in [0.15, 0.2) is 66.9 Å². The molecule has 178 valence electrons. The Bertz CT molecular complexity index is 1070. The highest BCUT2D eigenvalue weighted by Crippen LogP contribution is 2.27. The maximum absolute atomic E-state index is 13.3. The molecule has 0 bridgehead atoms. The topological polar surface area (TPSA) is 63.7 Å². The molecule has 2 aromatic carbocycles. The van der Waals surface area contributed by atoms with Gasteiger partial charge >= 0.3 is 0 Å². The van der Waals surface area contributed by atoms with Gasteiger partial charge in [-0.3, -0.25) is 9.69 Å². The summed E-state index contributed by atoms with van der Waals surface area (Å²) in [6.07, 6.45) is 3.49. The van der Waals surface area contributed by atoms with Gasteiger partial charge in [0.15, 0.2) is 0 Å². The zero-order valence-electron chi connectivity index (χ0n) is 20.2. The van der Waals surface area contributed by atoms with Gasteiger partial charge in [0.25, 0.3) is 0 Å². The number of nitrogens with one attached hydrogen (secondary N) is 1. The molecule has 4 rings (SSSR count). The number of nitrogens with zero attached hydrogens (tertiary/aromatic N) is 2. The van der Waals surface area contributed by atoms with E-state index in [4.69, 9.17) is 9.47 Å². The van der Waals surface area contributed by atoms with Crippen molar-refractivity contribution in [3.8, 4) is 11.6 Å². The minimum Gasteiger partial charge on any atom is -0.497 e. The van der Waals surface area contributed by atoms with Crippen molar-refractivity contribution < 1.29 is 14.3 Å². The number of aromatic nitrogens is 1. The highest BCUT2D eigenvalue weighted by molar-refractivity contribution is 5.79. The average molecular weight is 460 g/mol. The fraction of sp³-hybridized carbons (Fsp3) is 0.357. The van der Waals surface area contributed by atoms with Gasteiger partial charge in [-0.1, -0.05) is 36.4 Å². The van der Waals surface area contributed by atoms with Crippen LogP contribution in [0.5, 0.6) is 11.6 Å². The fourth-order valence-corrected chi connectivity index (χ4v) is 4.54. The van der Waals surface area contributed by atoms with E-state index < -0.39 is 0 Å². The molecular formula is C28H33N3O3. The van der Waals surface area contributed by atoms with Crippen molar-refractivity contribution in [3.05, 3.63) is 89.1 Å². The molecule has 34 heavy (non-hydrogen) atoms. The number of methoxy groups -OCH3 is 2. The molecule has 0 spiro atoms. The SMILES string of the molecule is COc1ccc(CN2CCC(C(=O)NC(c3ccc(OC)nc3)c3ccccc3C)CC2)cc1. The summed E-state index contributed by atoms with van der Waals surface area (Å²) in [6, 6.07) is 19.9. The summed E-state index contributed by atoms with van der Waals surface area (Å²) in [5, 5.41) is 3.32. The molecule has 3 aromatic rings. The molecule has 0 saturated carbocycles. The first kappa shape index (κ1) is 23.8. The largest absolute Gasteiger partial charge is 0.497 e. The van der Waals surface area contributed by atoms with Gasteiger partial charge in [-0.25, -0.2) is 4.98 Å². The number of amides is 1. The molecule has 2 heterocycles. The molecule has 0 radical (unpaired) electrons. The number of hydrogen-bond donors (Lipinski definition) is 1. The second kappa shape index (κ2) is 11.2. The highest BCUT2D eigenvalue weighted by atomic mass is 16.5. The van der Waals surface area contributed by atoms with Crippen LogP contribution in [0.3, 0.4) is 0 Å². The van der Waals surface area contributed by atoms with E-state index >= 15 is 0 Å². The number of carbonyl (C=O) groups is 1. The van der Waals surface area contributed by atoms with Gasteiger partial charge in [-0.15, -0.1) is 0 Å². The minimum absolute atomic E-state index is 0.00448. The normalized spacial score (nSPS) is 15.5. The summed E-state index contributed by atoms with van der Waals surface area (Å²) in [5.41, 5.74) is 4.42. The van der Waals surface area contributed by atoms with Gasteiger partial charge in [0.2, 0.25) is 11.8 Å². The van der Waals surface area contributed by atoms with E-state index in [9.17, 15) is 4.79 Å². The van der Waals surface area contributed by atoms with Crippen molar-refractivity contribution in [3.63, 3.8) is 0 Å². The predicted molar refractivity (Wildman–Crippen MR) is 133 cm³/mol. The van der Waals surface area contributed by atoms with E-state index in [-0.39, 0.29) is 17.9 Å². The summed E-state index contributed by atoms with van der Waals surface area (Å²) in [7, 11) is 3.28. The molecule has 1 saturated heterocycles. The lowest BCUT2D eigenvalue weighted by Gasteiger charge is -2.32. The standard InChI is InChI=1S/C28H33N3O3/c1-20-6-4-5-7-25(20)27(23-10-13-26(34-3)29-18-23)30-28(32)22-14-16-31(17-15-22)19-21-8-11-24(33-2)12-9-21/h4-13,18,22,27H,14-17,19H2,1-3H3,(H,30,32). The second-order valence-corrected chi connectivity index (χ2v) is 8.83. The summed E-state index contributed by atoms with van der Waals surface area (Å²) in [5.74, 6) is 1.54. The van der Waals surface area contributed by atoms with Crippen LogP contribution in [0, 0.1) is 12.8 Å². The maximum atomic E-state index is 13.3. The molecule has 6 heteroatoms. The van der Waals surface area contributed by atoms with Crippen LogP contribution in [0.4, 0.5) is 0 Å². The zero-order chi connectivity index (χ0) is 23.9. The number of likely N-dealkylation sites (tertiary alicyclic amines) is 1. The fourth-order valence-electron chi connectivity index (χ4n) is 4.54. The van der Waals surface area contributed by atoms with Gasteiger partial charge < -0.3 is 14.8 Å². The molecule has 1 aromatic heterocycles. The molecule has 1 fully saturated rings. The van der Waals surface area contributed by atoms with E-state index in [0.29, 0.717) is 5.88 Å². The first-order chi connectivity index (χ1) is 16.6. The van der Waals surface area contributed by atoms with E-state index in [0.717, 1.165) is 54.9 Å². The average Bonchev–Trinajstić information content (AvgIpc) is 2.88. The van der Waals surface area contributed by atoms with E-state index in [2.05, 4.69) is 46.4 Å². The van der Waals surface area contributed by atoms with Gasteiger partial charge in [0.1, 0.15) is 5.75 Å². The number of ether oxygens (including phenoxy) is 2. The van der Waals surface area contributed by atoms with E-state index in [1.165, 1.54) is 5.56 Å². The molecule has 1 amide bonds. The number of carbonyl (C=O) groups excluding carboxylic acids is 1. The molecule has 1 atom stereocenters. The third kappa shape index (κ3) is 5.75. The maximum Gasteiger partial charge on any atom is 0.223 e. The number of aryl methyl sites for hydroxylation is 1. The Morgan fingerprint density at radius 1 is 1.03 bits per heavy atom. The Balaban J connectivity index is 1.41. The van der Waals surface area contributed by atoms with Crippen LogP contribution in [0.1, 0.15) is 41.1 Å². The summed E-state index contributed by atoms with van der Waals surface area (Å²) in [6.45, 7) is 4.78. The highest BCUT2D eigenvalue weighted by Gasteiger charge is 2.28. The molecule has 6 nitrogen and oxygen atoms in total. The molecule has 1 aliphatic heterocycles. The molecule has 1 N–H and O–H groups in total. The summed E-state index contributed by atoms with van der Waals surface area (Å²) < 4.78 is 10.5. The van der Waals surface area contributed by atoms with Crippen LogP contribution in [0.2, 0.25) is 0 Å². The van der Waals surface area contributed by atoms with Crippen molar-refractivity contribution in [1.29, 1.82) is 0 Å². The van der Waals surface area contributed by atoms with E-state index in [1.54, 1.807) is 20.4 Å². The smallest absolute Gasteiger partial charge is 0.223 e. The van der Waals surface area contributed by atoms with Crippen molar-refractivity contribution >= 4 is 5.91 Å². The van der Waals surface area contributed by atoms with Crippen molar-refractivity contribution in [2.24, 2.45) is 5.92 Å². The van der Waals surface area contributed by atoms with Gasteiger partial charge in [0, 0.05) is 24.7 Å². The number of rotatable bonds is 8. The van der Waals surface area contributed by atoms with Gasteiger partial charge in [-0.05, 0) is 73.3 Å². The van der Waals surface area contributed by atoms with E-state index in [1.807, 2.05) is 36.4 Å². The van der Waals surface area contributed by atoms with Crippen molar-refractivity contribution in [2.45, 2.75) is 32.4 Å². The molecule has 1 aliphatic rings. The Morgan fingerprint density at radius 3 is 2.38 bits per heavy atom. The number of benzene rings is 2. The van der Waals surface area contributed by atoms with Gasteiger partial charge in [0.05, 0.1) is 20.3 Å². The lowest BCUT2D eigenvalue weighted by atomic mass is 9.92. The van der Waals surface area contributed by atoms with Crippen molar-refractivity contribution in [1.82, 2.24) is 15.2 Å². The van der Waals surface area contributed by atoms with Crippen LogP contribution in [-0.2, 0) is 11.3 Å². The quantitative estimate of drug-likeness (QED) is 0.536. The molecule has 0 aliphatic carbocycles. The Kier molecular flexibility index (Phi) is 7.80. The third-order valence-corrected chi connectivity index (χ3v) is 6.61. The third-order valence-electron chi connectivity index (χ3n) is 6.61. The first-order valence-electron chi connectivity index (χ1n) is 11.8. The Hall–Kier alpha value is -3.38. The second-order valence-electron chi connectivity index (χ2n) is 8.83. The van der Waals surface area contributed by atoms with Crippen LogP contribution in [-0.4, -0.2) is 43.1 Å². The molecule has 1 unspecified atom stereocenters. The predicted octanol–water partition coefficient (Wildman–Crippen LogP) is 4.53.